The standard InChI is InChI=1S/C15H18BrNO2/c1-10(2)17-6-5-15(9-17)8-13(18)12-7-11(16)3-4-14(12)19-15/h3-4,7,10H,5-6,8-9H2,1-2H3. The maximum atomic E-state index is 12.4. The molecule has 1 fully saturated rings. The van der Waals surface area contributed by atoms with E-state index in [2.05, 4.69) is 34.7 Å². The molecule has 0 N–H and O–H groups in total. The van der Waals surface area contributed by atoms with E-state index in [-0.39, 0.29) is 11.4 Å². The summed E-state index contributed by atoms with van der Waals surface area (Å²) in [5, 5.41) is 0. The van der Waals surface area contributed by atoms with Gasteiger partial charge in [0.15, 0.2) is 5.78 Å². The van der Waals surface area contributed by atoms with Crippen LogP contribution in [0.15, 0.2) is 22.7 Å². The number of carbonyl (C=O) groups excluding carboxylic acids is 1. The monoisotopic (exact) mass is 323 g/mol. The van der Waals surface area contributed by atoms with Gasteiger partial charge in [0, 0.05) is 30.0 Å². The number of carbonyl (C=O) groups is 1. The number of nitrogens with zero attached hydrogens (tertiary/aromatic N) is 1. The van der Waals surface area contributed by atoms with Crippen LogP contribution in [0.4, 0.5) is 0 Å². The topological polar surface area (TPSA) is 29.5 Å². The number of Topliss-reactive ketones (excluding diaryl/α,β-unsaturated/α-hetero) is 1. The Labute approximate surface area is 122 Å². The summed E-state index contributed by atoms with van der Waals surface area (Å²) in [6.45, 7) is 6.24. The lowest BCUT2D eigenvalue weighted by Gasteiger charge is -2.35. The third kappa shape index (κ3) is 2.32. The number of benzene rings is 1. The SMILES string of the molecule is CC(C)N1CCC2(CC(=O)c3cc(Br)ccc3O2)C1. The third-order valence-corrected chi connectivity index (χ3v) is 4.62. The third-order valence-electron chi connectivity index (χ3n) is 4.13. The highest BCUT2D eigenvalue weighted by Gasteiger charge is 2.46. The van der Waals surface area contributed by atoms with Crippen LogP contribution in [0.5, 0.6) is 5.75 Å². The number of halogens is 1. The Morgan fingerprint density at radius 1 is 1.42 bits per heavy atom. The van der Waals surface area contributed by atoms with Crippen LogP contribution in [-0.2, 0) is 0 Å². The first-order valence-electron chi connectivity index (χ1n) is 6.75. The van der Waals surface area contributed by atoms with Crippen LogP contribution in [0.3, 0.4) is 0 Å². The molecule has 0 bridgehead atoms. The Morgan fingerprint density at radius 3 is 2.89 bits per heavy atom. The largest absolute Gasteiger partial charge is 0.485 e. The molecule has 2 aliphatic rings. The van der Waals surface area contributed by atoms with Crippen LogP contribution in [0, 0.1) is 0 Å². The van der Waals surface area contributed by atoms with Crippen molar-refractivity contribution in [3.8, 4) is 5.75 Å². The van der Waals surface area contributed by atoms with Gasteiger partial charge >= 0.3 is 0 Å². The molecule has 0 radical (unpaired) electrons. The predicted molar refractivity (Wildman–Crippen MR) is 77.8 cm³/mol. The Bertz CT molecular complexity index is 529. The normalized spacial score (nSPS) is 26.8. The summed E-state index contributed by atoms with van der Waals surface area (Å²) in [4.78, 5) is 14.7. The molecule has 1 aromatic rings. The molecule has 3 nitrogen and oxygen atoms in total. The molecule has 1 atom stereocenters. The van der Waals surface area contributed by atoms with Crippen LogP contribution in [0.25, 0.3) is 0 Å². The summed E-state index contributed by atoms with van der Waals surface area (Å²) in [6.07, 6.45) is 1.44. The van der Waals surface area contributed by atoms with Crippen molar-refractivity contribution in [3.05, 3.63) is 28.2 Å². The minimum atomic E-state index is -0.303. The van der Waals surface area contributed by atoms with Gasteiger partial charge in [-0.25, -0.2) is 0 Å². The van der Waals surface area contributed by atoms with Gasteiger partial charge in [-0.1, -0.05) is 15.9 Å². The fourth-order valence-electron chi connectivity index (χ4n) is 3.01. The first-order chi connectivity index (χ1) is 8.99. The summed E-state index contributed by atoms with van der Waals surface area (Å²) in [5.74, 6) is 0.943. The molecule has 1 unspecified atom stereocenters. The number of fused-ring (bicyclic) bond motifs is 1. The van der Waals surface area contributed by atoms with Crippen molar-refractivity contribution >= 4 is 21.7 Å². The minimum Gasteiger partial charge on any atom is -0.485 e. The number of rotatable bonds is 1. The number of ketones is 1. The summed E-state index contributed by atoms with van der Waals surface area (Å²) in [5.41, 5.74) is 0.408. The molecule has 0 aromatic heterocycles. The molecule has 4 heteroatoms. The van der Waals surface area contributed by atoms with Gasteiger partial charge in [-0.15, -0.1) is 0 Å². The van der Waals surface area contributed by atoms with E-state index in [4.69, 9.17) is 4.74 Å². The minimum absolute atomic E-state index is 0.202. The van der Waals surface area contributed by atoms with E-state index in [1.54, 1.807) is 0 Å². The Kier molecular flexibility index (Phi) is 3.18. The van der Waals surface area contributed by atoms with Gasteiger partial charge in [-0.05, 0) is 32.0 Å². The van der Waals surface area contributed by atoms with Gasteiger partial charge in [0.25, 0.3) is 0 Å². The van der Waals surface area contributed by atoms with Crippen molar-refractivity contribution < 1.29 is 9.53 Å². The number of likely N-dealkylation sites (tertiary alicyclic amines) is 1. The van der Waals surface area contributed by atoms with Crippen LogP contribution in [-0.4, -0.2) is 35.4 Å². The molecule has 0 aliphatic carbocycles. The van der Waals surface area contributed by atoms with Crippen molar-refractivity contribution in [2.45, 2.75) is 38.3 Å². The molecule has 0 saturated carbocycles. The Hall–Kier alpha value is -0.870. The van der Waals surface area contributed by atoms with Gasteiger partial charge in [0.05, 0.1) is 12.0 Å². The zero-order valence-electron chi connectivity index (χ0n) is 11.3. The molecule has 19 heavy (non-hydrogen) atoms. The number of ether oxygens (including phenoxy) is 1. The molecular weight excluding hydrogens is 306 g/mol. The first-order valence-corrected chi connectivity index (χ1v) is 7.54. The van der Waals surface area contributed by atoms with Crippen molar-refractivity contribution in [2.75, 3.05) is 13.1 Å². The summed E-state index contributed by atoms with van der Waals surface area (Å²) < 4.78 is 7.13. The second-order valence-electron chi connectivity index (χ2n) is 5.84. The maximum Gasteiger partial charge on any atom is 0.170 e. The molecule has 2 heterocycles. The lowest BCUT2D eigenvalue weighted by molar-refractivity contribution is 0.0437. The summed E-state index contributed by atoms with van der Waals surface area (Å²) in [7, 11) is 0. The van der Waals surface area contributed by atoms with E-state index in [1.165, 1.54) is 0 Å². The van der Waals surface area contributed by atoms with Crippen LogP contribution in [0.1, 0.15) is 37.0 Å². The van der Waals surface area contributed by atoms with E-state index in [0.29, 0.717) is 18.0 Å². The molecular formula is C15H18BrNO2. The van der Waals surface area contributed by atoms with E-state index in [9.17, 15) is 4.79 Å². The number of hydrogen-bond acceptors (Lipinski definition) is 3. The predicted octanol–water partition coefficient (Wildman–Crippen LogP) is 3.27. The van der Waals surface area contributed by atoms with E-state index >= 15 is 0 Å². The second-order valence-corrected chi connectivity index (χ2v) is 6.76. The molecule has 1 saturated heterocycles. The zero-order chi connectivity index (χ0) is 13.6. The van der Waals surface area contributed by atoms with Crippen molar-refractivity contribution in [3.63, 3.8) is 0 Å². The van der Waals surface area contributed by atoms with Crippen molar-refractivity contribution in [2.24, 2.45) is 0 Å². The van der Waals surface area contributed by atoms with Crippen LogP contribution in [0.2, 0.25) is 0 Å². The molecule has 1 aromatic carbocycles. The average Bonchev–Trinajstić information content (AvgIpc) is 2.74. The molecule has 102 valence electrons. The molecule has 2 aliphatic heterocycles. The Balaban J connectivity index is 1.90. The van der Waals surface area contributed by atoms with Gasteiger partial charge in [0.2, 0.25) is 0 Å². The van der Waals surface area contributed by atoms with Gasteiger partial charge in [-0.2, -0.15) is 0 Å². The highest BCUT2D eigenvalue weighted by Crippen LogP contribution is 2.39. The van der Waals surface area contributed by atoms with Gasteiger partial charge < -0.3 is 4.74 Å². The highest BCUT2D eigenvalue weighted by atomic mass is 79.9. The lowest BCUT2D eigenvalue weighted by atomic mass is 9.89. The molecule has 1 spiro atoms. The zero-order valence-corrected chi connectivity index (χ0v) is 12.9. The smallest absolute Gasteiger partial charge is 0.170 e. The molecule has 0 amide bonds. The quantitative estimate of drug-likeness (QED) is 0.794. The fourth-order valence-corrected chi connectivity index (χ4v) is 3.37. The summed E-state index contributed by atoms with van der Waals surface area (Å²) >= 11 is 3.41. The van der Waals surface area contributed by atoms with E-state index in [0.717, 1.165) is 29.7 Å². The highest BCUT2D eigenvalue weighted by molar-refractivity contribution is 9.10. The first kappa shape index (κ1) is 13.1. The second kappa shape index (κ2) is 4.60. The van der Waals surface area contributed by atoms with Crippen LogP contribution < -0.4 is 4.74 Å². The average molecular weight is 324 g/mol. The van der Waals surface area contributed by atoms with Crippen molar-refractivity contribution in [1.82, 2.24) is 4.90 Å². The van der Waals surface area contributed by atoms with E-state index < -0.39 is 0 Å². The molecule has 3 rings (SSSR count). The van der Waals surface area contributed by atoms with Crippen LogP contribution >= 0.6 is 15.9 Å². The van der Waals surface area contributed by atoms with E-state index in [1.807, 2.05) is 18.2 Å². The van der Waals surface area contributed by atoms with Crippen molar-refractivity contribution in [1.29, 1.82) is 0 Å². The Morgan fingerprint density at radius 2 is 2.21 bits per heavy atom. The lowest BCUT2D eigenvalue weighted by Crippen LogP contribution is -2.45. The number of hydrogen-bond donors (Lipinski definition) is 0. The fraction of sp³-hybridized carbons (Fsp3) is 0.533. The maximum absolute atomic E-state index is 12.4. The summed E-state index contributed by atoms with van der Waals surface area (Å²) in [6, 6.07) is 6.19. The van der Waals surface area contributed by atoms with Gasteiger partial charge in [-0.3, -0.25) is 9.69 Å². The van der Waals surface area contributed by atoms with Gasteiger partial charge in [0.1, 0.15) is 11.4 Å².